The van der Waals surface area contributed by atoms with E-state index in [2.05, 4.69) is 22.1 Å². The summed E-state index contributed by atoms with van der Waals surface area (Å²) in [6.07, 6.45) is 2.72. The first-order chi connectivity index (χ1) is 9.10. The van der Waals surface area contributed by atoms with Crippen LogP contribution in [0.15, 0.2) is 24.4 Å². The van der Waals surface area contributed by atoms with Gasteiger partial charge in [0, 0.05) is 19.3 Å². The summed E-state index contributed by atoms with van der Waals surface area (Å²) < 4.78 is 0. The van der Waals surface area contributed by atoms with Crippen LogP contribution in [0.4, 0.5) is 0 Å². The van der Waals surface area contributed by atoms with Crippen LogP contribution in [0.5, 0.6) is 0 Å². The maximum Gasteiger partial charge on any atom is 0.233 e. The fourth-order valence-electron chi connectivity index (χ4n) is 2.21. The SMILES string of the molecule is CCCN(CC(=O)NC)C(c1ccccn1)C(C)N. The molecule has 2 atom stereocenters. The lowest BCUT2D eigenvalue weighted by Crippen LogP contribution is -2.44. The summed E-state index contributed by atoms with van der Waals surface area (Å²) in [5.74, 6) is -0.00460. The third kappa shape index (κ3) is 4.61. The molecule has 5 nitrogen and oxygen atoms in total. The normalized spacial score (nSPS) is 14.2. The largest absolute Gasteiger partial charge is 0.358 e. The van der Waals surface area contributed by atoms with Crippen molar-refractivity contribution in [3.63, 3.8) is 0 Å². The molecule has 0 aromatic carbocycles. The van der Waals surface area contributed by atoms with Gasteiger partial charge in [-0.3, -0.25) is 14.7 Å². The van der Waals surface area contributed by atoms with Crippen LogP contribution in [0.3, 0.4) is 0 Å². The number of carbonyl (C=O) groups excluding carboxylic acids is 1. The molecule has 106 valence electrons. The molecule has 1 rings (SSSR count). The Kier molecular flexibility index (Phi) is 6.45. The molecule has 1 amide bonds. The highest BCUT2D eigenvalue weighted by atomic mass is 16.1. The van der Waals surface area contributed by atoms with E-state index in [9.17, 15) is 4.79 Å². The zero-order chi connectivity index (χ0) is 14.3. The van der Waals surface area contributed by atoms with Crippen LogP contribution in [-0.4, -0.2) is 42.0 Å². The standard InChI is InChI=1S/C14H24N4O/c1-4-9-18(10-13(19)16-3)14(11(2)15)12-7-5-6-8-17-12/h5-8,11,14H,4,9-10,15H2,1-3H3,(H,16,19). The van der Waals surface area contributed by atoms with Crippen LogP contribution < -0.4 is 11.1 Å². The average molecular weight is 264 g/mol. The quantitative estimate of drug-likeness (QED) is 0.768. The molecule has 0 bridgehead atoms. The number of nitrogens with one attached hydrogen (secondary N) is 1. The second-order valence-electron chi connectivity index (χ2n) is 4.70. The minimum Gasteiger partial charge on any atom is -0.358 e. The molecule has 19 heavy (non-hydrogen) atoms. The fourth-order valence-corrected chi connectivity index (χ4v) is 2.21. The van der Waals surface area contributed by atoms with E-state index < -0.39 is 0 Å². The van der Waals surface area contributed by atoms with E-state index in [0.29, 0.717) is 6.54 Å². The van der Waals surface area contributed by atoms with Crippen LogP contribution >= 0.6 is 0 Å². The second kappa shape index (κ2) is 7.86. The van der Waals surface area contributed by atoms with Gasteiger partial charge in [0.05, 0.1) is 18.3 Å². The Morgan fingerprint density at radius 2 is 2.26 bits per heavy atom. The van der Waals surface area contributed by atoms with Crippen molar-refractivity contribution < 1.29 is 4.79 Å². The smallest absolute Gasteiger partial charge is 0.233 e. The molecule has 5 heteroatoms. The van der Waals surface area contributed by atoms with Crippen molar-refractivity contribution in [2.45, 2.75) is 32.4 Å². The number of pyridine rings is 1. The van der Waals surface area contributed by atoms with Gasteiger partial charge >= 0.3 is 0 Å². The highest BCUT2D eigenvalue weighted by molar-refractivity contribution is 5.77. The van der Waals surface area contributed by atoms with Gasteiger partial charge in [-0.15, -0.1) is 0 Å². The summed E-state index contributed by atoms with van der Waals surface area (Å²) in [4.78, 5) is 18.1. The summed E-state index contributed by atoms with van der Waals surface area (Å²) >= 11 is 0. The third-order valence-electron chi connectivity index (χ3n) is 3.02. The van der Waals surface area contributed by atoms with Crippen LogP contribution in [0.25, 0.3) is 0 Å². The van der Waals surface area contributed by atoms with E-state index in [-0.39, 0.29) is 18.0 Å². The molecule has 0 saturated carbocycles. The Hall–Kier alpha value is -1.46. The number of likely N-dealkylation sites (N-methyl/N-ethyl adjacent to an activating group) is 1. The van der Waals surface area contributed by atoms with Crippen LogP contribution in [-0.2, 0) is 4.79 Å². The first-order valence-corrected chi connectivity index (χ1v) is 6.71. The Morgan fingerprint density at radius 3 is 2.74 bits per heavy atom. The summed E-state index contributed by atoms with van der Waals surface area (Å²) in [5, 5.41) is 2.66. The maximum absolute atomic E-state index is 11.6. The minimum atomic E-state index is -0.0916. The van der Waals surface area contributed by atoms with Crippen molar-refractivity contribution in [3.05, 3.63) is 30.1 Å². The zero-order valence-electron chi connectivity index (χ0n) is 12.0. The Balaban J connectivity index is 2.95. The first-order valence-electron chi connectivity index (χ1n) is 6.71. The number of hydrogen-bond donors (Lipinski definition) is 2. The minimum absolute atomic E-state index is 0.00460. The van der Waals surface area contributed by atoms with Gasteiger partial charge in [-0.2, -0.15) is 0 Å². The van der Waals surface area contributed by atoms with Crippen molar-refractivity contribution in [2.75, 3.05) is 20.1 Å². The van der Waals surface area contributed by atoms with Crippen molar-refractivity contribution in [1.29, 1.82) is 0 Å². The highest BCUT2D eigenvalue weighted by Crippen LogP contribution is 2.21. The van der Waals surface area contributed by atoms with Gasteiger partial charge in [-0.1, -0.05) is 13.0 Å². The van der Waals surface area contributed by atoms with E-state index in [1.807, 2.05) is 25.1 Å². The highest BCUT2D eigenvalue weighted by Gasteiger charge is 2.25. The number of hydrogen-bond acceptors (Lipinski definition) is 4. The molecule has 0 saturated heterocycles. The molecule has 0 aliphatic heterocycles. The molecule has 3 N–H and O–H groups in total. The molecule has 1 aromatic heterocycles. The lowest BCUT2D eigenvalue weighted by Gasteiger charge is -2.33. The van der Waals surface area contributed by atoms with Crippen LogP contribution in [0.2, 0.25) is 0 Å². The van der Waals surface area contributed by atoms with Gasteiger partial charge in [0.2, 0.25) is 5.91 Å². The Morgan fingerprint density at radius 1 is 1.53 bits per heavy atom. The third-order valence-corrected chi connectivity index (χ3v) is 3.02. The van der Waals surface area contributed by atoms with Gasteiger partial charge in [0.1, 0.15) is 0 Å². The average Bonchev–Trinajstić information content (AvgIpc) is 2.39. The zero-order valence-corrected chi connectivity index (χ0v) is 12.0. The number of aromatic nitrogens is 1. The molecular weight excluding hydrogens is 240 g/mol. The number of rotatable bonds is 7. The Bertz CT molecular complexity index is 380. The molecule has 1 heterocycles. The van der Waals surface area contributed by atoms with Crippen molar-refractivity contribution in [2.24, 2.45) is 5.73 Å². The van der Waals surface area contributed by atoms with Crippen molar-refractivity contribution in [1.82, 2.24) is 15.2 Å². The van der Waals surface area contributed by atoms with Gasteiger partial charge < -0.3 is 11.1 Å². The number of amides is 1. The molecule has 1 aromatic rings. The van der Waals surface area contributed by atoms with Gasteiger partial charge in [0.15, 0.2) is 0 Å². The topological polar surface area (TPSA) is 71.2 Å². The van der Waals surface area contributed by atoms with E-state index in [0.717, 1.165) is 18.7 Å². The molecule has 2 unspecified atom stereocenters. The predicted octanol–water partition coefficient (Wildman–Crippen LogP) is 0.928. The first kappa shape index (κ1) is 15.6. The van der Waals surface area contributed by atoms with Crippen molar-refractivity contribution in [3.8, 4) is 0 Å². The van der Waals surface area contributed by atoms with E-state index in [1.54, 1.807) is 13.2 Å². The summed E-state index contributed by atoms with van der Waals surface area (Å²) in [6.45, 7) is 5.20. The molecule has 0 aliphatic rings. The monoisotopic (exact) mass is 264 g/mol. The molecular formula is C14H24N4O. The van der Waals surface area contributed by atoms with Gasteiger partial charge in [0.25, 0.3) is 0 Å². The number of carbonyl (C=O) groups is 1. The fraction of sp³-hybridized carbons (Fsp3) is 0.571. The lowest BCUT2D eigenvalue weighted by atomic mass is 10.0. The number of nitrogens with two attached hydrogens (primary N) is 1. The van der Waals surface area contributed by atoms with Gasteiger partial charge in [-0.05, 0) is 32.0 Å². The summed E-state index contributed by atoms with van der Waals surface area (Å²) in [5.41, 5.74) is 7.02. The maximum atomic E-state index is 11.6. The molecule has 0 spiro atoms. The molecule has 0 radical (unpaired) electrons. The van der Waals surface area contributed by atoms with Crippen LogP contribution in [0.1, 0.15) is 32.0 Å². The van der Waals surface area contributed by atoms with Crippen LogP contribution in [0, 0.1) is 0 Å². The summed E-state index contributed by atoms with van der Waals surface area (Å²) in [7, 11) is 1.65. The van der Waals surface area contributed by atoms with E-state index in [4.69, 9.17) is 5.73 Å². The predicted molar refractivity (Wildman–Crippen MR) is 76.6 cm³/mol. The van der Waals surface area contributed by atoms with Crippen molar-refractivity contribution >= 4 is 5.91 Å². The second-order valence-corrected chi connectivity index (χ2v) is 4.70. The van der Waals surface area contributed by atoms with Gasteiger partial charge in [-0.25, -0.2) is 0 Å². The van der Waals surface area contributed by atoms with E-state index >= 15 is 0 Å². The Labute approximate surface area is 115 Å². The van der Waals surface area contributed by atoms with E-state index in [1.165, 1.54) is 0 Å². The lowest BCUT2D eigenvalue weighted by molar-refractivity contribution is -0.122. The number of nitrogens with zero attached hydrogens (tertiary/aromatic N) is 2. The molecule has 0 fully saturated rings. The molecule has 0 aliphatic carbocycles. The summed E-state index contributed by atoms with van der Waals surface area (Å²) in [6, 6.07) is 5.65.